The lowest BCUT2D eigenvalue weighted by atomic mass is 10.1. The van der Waals surface area contributed by atoms with Gasteiger partial charge in [-0.05, 0) is 31.0 Å². The third-order valence-corrected chi connectivity index (χ3v) is 4.05. The summed E-state index contributed by atoms with van der Waals surface area (Å²) in [7, 11) is 1.53. The molecular weight excluding hydrogens is 459 g/mol. The first kappa shape index (κ1) is 23.1. The van der Waals surface area contributed by atoms with Gasteiger partial charge in [-0.1, -0.05) is 25.1 Å². The zero-order chi connectivity index (χ0) is 18.9. The minimum atomic E-state index is 0. The van der Waals surface area contributed by atoms with Crippen LogP contribution in [0.1, 0.15) is 43.4 Å². The topological polar surface area (TPSA) is 91.9 Å². The maximum atomic E-state index is 9.88. The van der Waals surface area contributed by atoms with Crippen LogP contribution < -0.4 is 15.4 Å². The van der Waals surface area contributed by atoms with E-state index in [4.69, 9.17) is 9.26 Å². The highest BCUT2D eigenvalue weighted by molar-refractivity contribution is 14.0. The average Bonchev–Trinajstić information content (AvgIpc) is 3.06. The van der Waals surface area contributed by atoms with Crippen molar-refractivity contribution in [3.8, 4) is 11.5 Å². The second kappa shape index (κ2) is 11.7. The highest BCUT2D eigenvalue weighted by Gasteiger charge is 2.13. The van der Waals surface area contributed by atoms with E-state index in [9.17, 15) is 5.11 Å². The van der Waals surface area contributed by atoms with E-state index in [0.717, 1.165) is 42.0 Å². The van der Waals surface area contributed by atoms with Crippen molar-refractivity contribution in [2.24, 2.45) is 4.99 Å². The lowest BCUT2D eigenvalue weighted by Crippen LogP contribution is -2.37. The van der Waals surface area contributed by atoms with E-state index in [2.05, 4.69) is 34.6 Å². The van der Waals surface area contributed by atoms with E-state index < -0.39 is 0 Å². The van der Waals surface area contributed by atoms with Crippen LogP contribution in [0.15, 0.2) is 27.7 Å². The van der Waals surface area contributed by atoms with E-state index in [-0.39, 0.29) is 29.7 Å². The van der Waals surface area contributed by atoms with Crippen LogP contribution in [0.2, 0.25) is 0 Å². The Hall–Kier alpha value is -1.97. The first-order chi connectivity index (χ1) is 12.6. The summed E-state index contributed by atoms with van der Waals surface area (Å²) < 4.78 is 10.5. The van der Waals surface area contributed by atoms with Gasteiger partial charge >= 0.3 is 0 Å². The van der Waals surface area contributed by atoms with Crippen LogP contribution in [0.3, 0.4) is 0 Å². The fourth-order valence-electron chi connectivity index (χ4n) is 2.66. The number of methoxy groups -OCH3 is 1. The van der Waals surface area contributed by atoms with Gasteiger partial charge in [0.15, 0.2) is 17.5 Å². The molecule has 0 radical (unpaired) electrons. The van der Waals surface area contributed by atoms with Crippen molar-refractivity contribution in [3.05, 3.63) is 40.8 Å². The number of phenols is 1. The molecule has 0 fully saturated rings. The quantitative estimate of drug-likeness (QED) is 0.300. The molecule has 0 unspecified atom stereocenters. The molecule has 0 saturated heterocycles. The molecule has 0 aliphatic rings. The lowest BCUT2D eigenvalue weighted by molar-refractivity contribution is 0.373. The van der Waals surface area contributed by atoms with E-state index >= 15 is 0 Å². The highest BCUT2D eigenvalue weighted by atomic mass is 127. The van der Waals surface area contributed by atoms with Gasteiger partial charge in [0.05, 0.1) is 19.3 Å². The Balaban J connectivity index is 0.00000364. The number of aromatic nitrogens is 1. The highest BCUT2D eigenvalue weighted by Crippen LogP contribution is 2.26. The Morgan fingerprint density at radius 3 is 2.59 bits per heavy atom. The number of halogens is 1. The van der Waals surface area contributed by atoms with Gasteiger partial charge in [-0.15, -0.1) is 24.0 Å². The van der Waals surface area contributed by atoms with Crippen molar-refractivity contribution < 1.29 is 14.4 Å². The molecule has 1 heterocycles. The molecule has 2 rings (SSSR count). The first-order valence-electron chi connectivity index (χ1n) is 8.97. The molecule has 0 spiro atoms. The maximum Gasteiger partial charge on any atom is 0.191 e. The molecule has 2 aromatic rings. The number of nitrogens with one attached hydrogen (secondary N) is 2. The van der Waals surface area contributed by atoms with Crippen LogP contribution in [-0.4, -0.2) is 29.9 Å². The minimum Gasteiger partial charge on any atom is -0.504 e. The minimum absolute atomic E-state index is 0. The Bertz CT molecular complexity index is 725. The van der Waals surface area contributed by atoms with Crippen molar-refractivity contribution in [1.82, 2.24) is 15.8 Å². The molecule has 0 bridgehead atoms. The molecule has 0 aliphatic carbocycles. The van der Waals surface area contributed by atoms with Gasteiger partial charge in [0.1, 0.15) is 5.76 Å². The van der Waals surface area contributed by atoms with Gasteiger partial charge in [0.2, 0.25) is 0 Å². The van der Waals surface area contributed by atoms with Crippen LogP contribution in [0.25, 0.3) is 0 Å². The molecule has 0 atom stereocenters. The van der Waals surface area contributed by atoms with Crippen LogP contribution in [0.5, 0.6) is 11.5 Å². The number of phenolic OH excluding ortho intramolecular Hbond substituents is 1. The van der Waals surface area contributed by atoms with Gasteiger partial charge in [-0.3, -0.25) is 0 Å². The van der Waals surface area contributed by atoms with Crippen LogP contribution in [-0.2, 0) is 25.9 Å². The molecule has 0 saturated carbocycles. The predicted molar refractivity (Wildman–Crippen MR) is 117 cm³/mol. The van der Waals surface area contributed by atoms with Gasteiger partial charge < -0.3 is 25.0 Å². The summed E-state index contributed by atoms with van der Waals surface area (Å²) in [4.78, 5) is 4.58. The summed E-state index contributed by atoms with van der Waals surface area (Å²) in [5.41, 5.74) is 2.97. The van der Waals surface area contributed by atoms with Crippen LogP contribution >= 0.6 is 24.0 Å². The number of hydrogen-bond donors (Lipinski definition) is 3. The molecule has 0 aliphatic heterocycles. The number of hydrogen-bond acceptors (Lipinski definition) is 5. The maximum absolute atomic E-state index is 9.88. The van der Waals surface area contributed by atoms with Crippen molar-refractivity contribution >= 4 is 29.9 Å². The first-order valence-corrected chi connectivity index (χ1v) is 8.97. The monoisotopic (exact) mass is 488 g/mol. The molecule has 3 N–H and O–H groups in total. The molecule has 7 nitrogen and oxygen atoms in total. The van der Waals surface area contributed by atoms with E-state index in [1.165, 1.54) is 7.11 Å². The Labute approximate surface area is 177 Å². The number of aryl methyl sites for hydroxylation is 2. The number of guanidine groups is 1. The van der Waals surface area contributed by atoms with Crippen molar-refractivity contribution in [1.29, 1.82) is 0 Å². The van der Waals surface area contributed by atoms with Crippen LogP contribution in [0.4, 0.5) is 0 Å². The fraction of sp³-hybridized carbons (Fsp3) is 0.474. The number of ether oxygens (including phenoxy) is 1. The number of nitrogens with zero attached hydrogens (tertiary/aromatic N) is 2. The number of rotatable bonds is 8. The second-order valence-corrected chi connectivity index (χ2v) is 5.79. The molecule has 8 heteroatoms. The van der Waals surface area contributed by atoms with Gasteiger partial charge in [0.25, 0.3) is 0 Å². The van der Waals surface area contributed by atoms with Gasteiger partial charge in [0, 0.05) is 25.1 Å². The normalized spacial score (nSPS) is 11.0. The molecule has 27 heavy (non-hydrogen) atoms. The smallest absolute Gasteiger partial charge is 0.191 e. The third kappa shape index (κ3) is 6.30. The van der Waals surface area contributed by atoms with Gasteiger partial charge in [-0.25, -0.2) is 4.99 Å². The SMILES string of the molecule is CCNC(=NCc1ccc(OC)c(O)c1)NCc1c(CC)noc1CC.I. The molecule has 0 amide bonds. The zero-order valence-corrected chi connectivity index (χ0v) is 18.7. The average molecular weight is 488 g/mol. The Morgan fingerprint density at radius 1 is 1.22 bits per heavy atom. The summed E-state index contributed by atoms with van der Waals surface area (Å²) in [5.74, 6) is 2.18. The van der Waals surface area contributed by atoms with Gasteiger partial charge in [-0.2, -0.15) is 0 Å². The summed E-state index contributed by atoms with van der Waals surface area (Å²) in [5, 5.41) is 20.6. The third-order valence-electron chi connectivity index (χ3n) is 4.05. The zero-order valence-electron chi connectivity index (χ0n) is 16.3. The predicted octanol–water partition coefficient (Wildman–Crippen LogP) is 3.39. The second-order valence-electron chi connectivity index (χ2n) is 5.79. The van der Waals surface area contributed by atoms with Crippen molar-refractivity contribution in [2.75, 3.05) is 13.7 Å². The fourth-order valence-corrected chi connectivity index (χ4v) is 2.66. The molecule has 150 valence electrons. The summed E-state index contributed by atoms with van der Waals surface area (Å²) >= 11 is 0. The standard InChI is InChI=1S/C19H28N4O3.HI/c1-5-15-14(17(6-2)26-23-15)12-22-19(20-7-3)21-11-13-8-9-18(25-4)16(24)10-13;/h8-10,24H,5-7,11-12H2,1-4H3,(H2,20,21,22);1H. The number of aliphatic imine (C=N–C) groups is 1. The summed E-state index contributed by atoms with van der Waals surface area (Å²) in [6, 6.07) is 5.28. The van der Waals surface area contributed by atoms with Crippen molar-refractivity contribution in [2.45, 2.75) is 46.7 Å². The largest absolute Gasteiger partial charge is 0.504 e. The summed E-state index contributed by atoms with van der Waals surface area (Å²) in [6.07, 6.45) is 1.64. The lowest BCUT2D eigenvalue weighted by Gasteiger charge is -2.12. The number of benzene rings is 1. The number of aromatic hydroxyl groups is 1. The van der Waals surface area contributed by atoms with E-state index in [1.807, 2.05) is 13.0 Å². The Morgan fingerprint density at radius 2 is 2.00 bits per heavy atom. The Kier molecular flexibility index (Phi) is 9.98. The van der Waals surface area contributed by atoms with Crippen molar-refractivity contribution in [3.63, 3.8) is 0 Å². The van der Waals surface area contributed by atoms with Crippen LogP contribution in [0, 0.1) is 0 Å². The van der Waals surface area contributed by atoms with E-state index in [0.29, 0.717) is 24.8 Å². The molecule has 1 aromatic carbocycles. The molecular formula is C19H29IN4O3. The summed E-state index contributed by atoms with van der Waals surface area (Å²) in [6.45, 7) is 7.94. The van der Waals surface area contributed by atoms with E-state index in [1.54, 1.807) is 12.1 Å². The molecule has 1 aromatic heterocycles.